The van der Waals surface area contributed by atoms with Crippen molar-refractivity contribution in [3.63, 3.8) is 0 Å². The Hall–Kier alpha value is -5.10. The highest BCUT2D eigenvalue weighted by Crippen LogP contribution is 2.29. The van der Waals surface area contributed by atoms with Gasteiger partial charge in [-0.25, -0.2) is 0 Å². The maximum atomic E-state index is 5.97. The van der Waals surface area contributed by atoms with Crippen LogP contribution in [0.1, 0.15) is 265 Å². The van der Waals surface area contributed by atoms with Gasteiger partial charge in [0.2, 0.25) is 6.29 Å². The minimum atomic E-state index is -0.181. The summed E-state index contributed by atoms with van der Waals surface area (Å²) >= 11 is 0. The Labute approximate surface area is 530 Å². The molecule has 0 radical (unpaired) electrons. The highest BCUT2D eigenvalue weighted by molar-refractivity contribution is 5.33. The van der Waals surface area contributed by atoms with E-state index < -0.39 is 0 Å². The van der Waals surface area contributed by atoms with Gasteiger partial charge in [-0.3, -0.25) is 0 Å². The predicted octanol–water partition coefficient (Wildman–Crippen LogP) is 21.9. The molecule has 488 valence electrons. The zero-order valence-corrected chi connectivity index (χ0v) is 57.6. The SMILES string of the molecule is CCC(C)c1ccc(OC(C)OC2CCCCC2)cc1.CCC(C)c1ccc(OC(OC)C(C)C)cc1.CCC(C)c1ccc(OC2CCCCO2)cc1.CCOC(C)Oc1ccc(C(C)CC)cc1.CCOC(CC)Oc1ccc(C(C)CC)cc1. The van der Waals surface area contributed by atoms with E-state index in [9.17, 15) is 0 Å². The van der Waals surface area contributed by atoms with E-state index in [1.165, 1.54) is 79.2 Å². The Morgan fingerprint density at radius 1 is 0.379 bits per heavy atom. The molecule has 10 atom stereocenters. The van der Waals surface area contributed by atoms with Crippen molar-refractivity contribution < 1.29 is 47.4 Å². The largest absolute Gasteiger partial charge is 0.465 e. The molecule has 10 unspecified atom stereocenters. The maximum Gasteiger partial charge on any atom is 0.201 e. The van der Waals surface area contributed by atoms with E-state index in [1.54, 1.807) is 7.11 Å². The van der Waals surface area contributed by atoms with Gasteiger partial charge in [-0.2, -0.15) is 0 Å². The Kier molecular flexibility index (Phi) is 38.8. The summed E-state index contributed by atoms with van der Waals surface area (Å²) < 4.78 is 56.4. The summed E-state index contributed by atoms with van der Waals surface area (Å²) in [5.74, 6) is 7.85. The van der Waals surface area contributed by atoms with Crippen LogP contribution < -0.4 is 23.7 Å². The zero-order chi connectivity index (χ0) is 63.9. The van der Waals surface area contributed by atoms with Crippen LogP contribution >= 0.6 is 0 Å². The van der Waals surface area contributed by atoms with Crippen molar-refractivity contribution in [3.05, 3.63) is 149 Å². The van der Waals surface area contributed by atoms with Gasteiger partial charge in [0.15, 0.2) is 25.2 Å². The minimum Gasteiger partial charge on any atom is -0.465 e. The molecule has 2 fully saturated rings. The molecule has 10 heteroatoms. The van der Waals surface area contributed by atoms with Crippen molar-refractivity contribution >= 4 is 0 Å². The van der Waals surface area contributed by atoms with Crippen LogP contribution in [0.25, 0.3) is 0 Å². The van der Waals surface area contributed by atoms with E-state index in [-0.39, 0.29) is 31.5 Å². The second kappa shape index (κ2) is 44.4. The molecule has 0 aromatic heterocycles. The first-order chi connectivity index (χ1) is 41.9. The average Bonchev–Trinajstić information content (AvgIpc) is 3.73. The van der Waals surface area contributed by atoms with Crippen molar-refractivity contribution in [2.45, 2.75) is 275 Å². The Bertz CT molecular complexity index is 2360. The second-order valence-corrected chi connectivity index (χ2v) is 23.9. The highest BCUT2D eigenvalue weighted by Gasteiger charge is 2.19. The zero-order valence-electron chi connectivity index (χ0n) is 57.6. The van der Waals surface area contributed by atoms with Gasteiger partial charge in [-0.05, 0) is 204 Å². The van der Waals surface area contributed by atoms with Gasteiger partial charge in [-0.1, -0.05) is 170 Å². The molecule has 1 aliphatic heterocycles. The van der Waals surface area contributed by atoms with Crippen LogP contribution in [-0.4, -0.2) is 64.5 Å². The summed E-state index contributed by atoms with van der Waals surface area (Å²) in [6.45, 7) is 38.5. The third-order valence-corrected chi connectivity index (χ3v) is 16.6. The van der Waals surface area contributed by atoms with Gasteiger partial charge in [-0.15, -0.1) is 0 Å². The fourth-order valence-corrected chi connectivity index (χ4v) is 9.82. The Morgan fingerprint density at radius 2 is 0.736 bits per heavy atom. The van der Waals surface area contributed by atoms with Crippen LogP contribution in [0.3, 0.4) is 0 Å². The van der Waals surface area contributed by atoms with Gasteiger partial charge < -0.3 is 47.4 Å². The summed E-state index contributed by atoms with van der Waals surface area (Å²) in [7, 11) is 1.68. The van der Waals surface area contributed by atoms with E-state index in [0.717, 1.165) is 73.9 Å². The third-order valence-electron chi connectivity index (χ3n) is 16.6. The second-order valence-electron chi connectivity index (χ2n) is 23.9. The van der Waals surface area contributed by atoms with Crippen LogP contribution in [0.15, 0.2) is 121 Å². The van der Waals surface area contributed by atoms with Crippen molar-refractivity contribution in [1.82, 2.24) is 0 Å². The highest BCUT2D eigenvalue weighted by atomic mass is 16.7. The third kappa shape index (κ3) is 30.3. The van der Waals surface area contributed by atoms with Crippen molar-refractivity contribution in [2.75, 3.05) is 26.9 Å². The molecule has 1 heterocycles. The first-order valence-electron chi connectivity index (χ1n) is 33.8. The minimum absolute atomic E-state index is 0.0433. The summed E-state index contributed by atoms with van der Waals surface area (Å²) in [6.07, 6.45) is 16.1. The molecule has 0 N–H and O–H groups in total. The molecule has 0 spiro atoms. The quantitative estimate of drug-likeness (QED) is 0.0431. The predicted molar refractivity (Wildman–Crippen MR) is 362 cm³/mol. The van der Waals surface area contributed by atoms with Crippen LogP contribution in [0.4, 0.5) is 0 Å². The van der Waals surface area contributed by atoms with Crippen molar-refractivity contribution in [2.24, 2.45) is 5.92 Å². The van der Waals surface area contributed by atoms with Crippen LogP contribution in [0, 0.1) is 5.92 Å². The molecular weight excluding hydrogens is 1080 g/mol. The molecular formula is C77H120O10. The van der Waals surface area contributed by atoms with E-state index in [1.807, 2.05) is 64.1 Å². The van der Waals surface area contributed by atoms with Gasteiger partial charge in [0, 0.05) is 39.1 Å². The van der Waals surface area contributed by atoms with Crippen LogP contribution in [0.2, 0.25) is 0 Å². The van der Waals surface area contributed by atoms with E-state index in [4.69, 9.17) is 47.4 Å². The van der Waals surface area contributed by atoms with Gasteiger partial charge in [0.05, 0.1) is 12.7 Å². The average molecular weight is 1210 g/mol. The van der Waals surface area contributed by atoms with Crippen molar-refractivity contribution in [3.8, 4) is 28.7 Å². The number of hydrogen-bond acceptors (Lipinski definition) is 10. The molecule has 1 saturated heterocycles. The van der Waals surface area contributed by atoms with E-state index in [2.05, 4.69) is 175 Å². The molecule has 0 amide bonds. The molecule has 1 aliphatic carbocycles. The molecule has 1 saturated carbocycles. The number of ether oxygens (including phenoxy) is 10. The topological polar surface area (TPSA) is 92.3 Å². The summed E-state index contributed by atoms with van der Waals surface area (Å²) in [4.78, 5) is 0. The van der Waals surface area contributed by atoms with Gasteiger partial charge in [0.1, 0.15) is 28.7 Å². The first kappa shape index (κ1) is 76.1. The van der Waals surface area contributed by atoms with Crippen LogP contribution in [0.5, 0.6) is 28.7 Å². The Balaban J connectivity index is 0.000000285. The number of rotatable bonds is 29. The Morgan fingerprint density at radius 3 is 1.07 bits per heavy atom. The number of benzene rings is 5. The molecule has 0 bridgehead atoms. The summed E-state index contributed by atoms with van der Waals surface area (Å²) in [5, 5.41) is 0. The molecule has 10 nitrogen and oxygen atoms in total. The number of methoxy groups -OCH3 is 1. The molecule has 87 heavy (non-hydrogen) atoms. The smallest absolute Gasteiger partial charge is 0.201 e. The lowest BCUT2D eigenvalue weighted by molar-refractivity contribution is -0.116. The molecule has 5 aromatic rings. The summed E-state index contributed by atoms with van der Waals surface area (Å²) in [5.41, 5.74) is 6.84. The lowest BCUT2D eigenvalue weighted by Gasteiger charge is -2.26. The maximum absolute atomic E-state index is 5.97. The standard InChI is InChI=1S/C18H28O2.C15H22O2.2C15H24O2.C14H22O2/c1-4-14(2)16-10-12-18(13-11-16)20-15(3)19-17-8-6-5-7-9-17;1-3-12(2)13-7-9-14(10-8-13)17-15-6-4-5-11-16-15;1-6-12(4)13-7-9-14(10-8-13)17-15(16-5)11(2)3;1-5-12(4)13-8-10-14(11-9-13)17-15(6-2)16-7-3;1-5-11(3)13-7-9-14(10-8-13)16-12(4)15-6-2/h10-15,17H,4-9H2,1-3H3;7-10,12,15H,3-6,11H2,1-2H3;7-12,15H,6H2,1-5H3;8-12,15H,5-7H2,1-4H3;7-12H,5-6H2,1-4H3. The first-order valence-corrected chi connectivity index (χ1v) is 33.8. The van der Waals surface area contributed by atoms with Crippen molar-refractivity contribution in [1.29, 1.82) is 0 Å². The fourth-order valence-electron chi connectivity index (χ4n) is 9.82. The van der Waals surface area contributed by atoms with Gasteiger partial charge in [0.25, 0.3) is 0 Å². The summed E-state index contributed by atoms with van der Waals surface area (Å²) in [6, 6.07) is 41.8. The monoisotopic (exact) mass is 1200 g/mol. The number of hydrogen-bond donors (Lipinski definition) is 0. The molecule has 7 rings (SSSR count). The van der Waals surface area contributed by atoms with E-state index >= 15 is 0 Å². The fraction of sp³-hybridized carbons (Fsp3) is 0.610. The lowest BCUT2D eigenvalue weighted by atomic mass is 9.98. The molecule has 2 aliphatic rings. The van der Waals surface area contributed by atoms with Crippen LogP contribution in [-0.2, 0) is 23.7 Å². The lowest BCUT2D eigenvalue weighted by Crippen LogP contribution is -2.26. The van der Waals surface area contributed by atoms with E-state index in [0.29, 0.717) is 54.8 Å². The van der Waals surface area contributed by atoms with Gasteiger partial charge >= 0.3 is 0 Å². The molecule has 5 aromatic carbocycles. The normalized spacial score (nSPS) is 17.2.